The lowest BCUT2D eigenvalue weighted by Gasteiger charge is -2.32. The molecular weight excluding hydrogens is 240 g/mol. The van der Waals surface area contributed by atoms with Gasteiger partial charge >= 0.3 is 0 Å². The van der Waals surface area contributed by atoms with Crippen LogP contribution >= 0.6 is 0 Å². The van der Waals surface area contributed by atoms with Gasteiger partial charge in [0.25, 0.3) is 5.91 Å². The van der Waals surface area contributed by atoms with Crippen LogP contribution in [0.3, 0.4) is 0 Å². The van der Waals surface area contributed by atoms with Crippen molar-refractivity contribution < 1.29 is 9.21 Å². The number of hydrogen-bond donors (Lipinski definition) is 1. The second-order valence-corrected chi connectivity index (χ2v) is 5.24. The van der Waals surface area contributed by atoms with Crippen molar-refractivity contribution in [2.45, 2.75) is 32.6 Å². The van der Waals surface area contributed by atoms with Gasteiger partial charge in [-0.15, -0.1) is 0 Å². The summed E-state index contributed by atoms with van der Waals surface area (Å²) >= 11 is 0. The maximum Gasteiger partial charge on any atom is 0.257 e. The van der Waals surface area contributed by atoms with Gasteiger partial charge in [-0.3, -0.25) is 4.79 Å². The molecule has 4 heteroatoms. The SMILES string of the molecule is CCc1occc1C(=O)N1CCC(CCNC)CC1. The van der Waals surface area contributed by atoms with Gasteiger partial charge < -0.3 is 14.6 Å². The fourth-order valence-corrected chi connectivity index (χ4v) is 2.75. The van der Waals surface area contributed by atoms with E-state index in [-0.39, 0.29) is 5.91 Å². The monoisotopic (exact) mass is 264 g/mol. The summed E-state index contributed by atoms with van der Waals surface area (Å²) < 4.78 is 5.34. The van der Waals surface area contributed by atoms with Crippen LogP contribution in [0.25, 0.3) is 0 Å². The van der Waals surface area contributed by atoms with Gasteiger partial charge in [0.15, 0.2) is 0 Å². The largest absolute Gasteiger partial charge is 0.469 e. The average molecular weight is 264 g/mol. The second-order valence-electron chi connectivity index (χ2n) is 5.24. The van der Waals surface area contributed by atoms with Crippen LogP contribution in [0.2, 0.25) is 0 Å². The summed E-state index contributed by atoms with van der Waals surface area (Å²) in [5, 5.41) is 3.19. The average Bonchev–Trinajstić information content (AvgIpc) is 2.93. The van der Waals surface area contributed by atoms with Crippen molar-refractivity contribution in [3.05, 3.63) is 23.7 Å². The molecule has 2 heterocycles. The molecule has 0 bridgehead atoms. The van der Waals surface area contributed by atoms with Crippen LogP contribution in [0.1, 0.15) is 42.3 Å². The molecule has 0 unspecified atom stereocenters. The molecule has 0 atom stereocenters. The first kappa shape index (κ1) is 14.1. The lowest BCUT2D eigenvalue weighted by Crippen LogP contribution is -2.39. The maximum atomic E-state index is 12.4. The summed E-state index contributed by atoms with van der Waals surface area (Å²) in [5.41, 5.74) is 0.746. The van der Waals surface area contributed by atoms with Gasteiger partial charge in [-0.25, -0.2) is 0 Å². The molecule has 106 valence electrons. The van der Waals surface area contributed by atoms with Crippen LogP contribution in [0, 0.1) is 5.92 Å². The summed E-state index contributed by atoms with van der Waals surface area (Å²) in [6, 6.07) is 1.80. The van der Waals surface area contributed by atoms with Crippen molar-refractivity contribution in [1.29, 1.82) is 0 Å². The molecule has 1 aromatic heterocycles. The molecule has 2 rings (SSSR count). The van der Waals surface area contributed by atoms with E-state index >= 15 is 0 Å². The number of hydrogen-bond acceptors (Lipinski definition) is 3. The number of rotatable bonds is 5. The van der Waals surface area contributed by atoms with Gasteiger partial charge in [-0.2, -0.15) is 0 Å². The van der Waals surface area contributed by atoms with Gasteiger partial charge in [0.1, 0.15) is 5.76 Å². The summed E-state index contributed by atoms with van der Waals surface area (Å²) in [6.45, 7) is 4.84. The molecule has 0 spiro atoms. The van der Waals surface area contributed by atoms with E-state index in [4.69, 9.17) is 4.42 Å². The highest BCUT2D eigenvalue weighted by Crippen LogP contribution is 2.22. The summed E-state index contributed by atoms with van der Waals surface area (Å²) in [4.78, 5) is 14.4. The van der Waals surface area contributed by atoms with Crippen molar-refractivity contribution in [2.75, 3.05) is 26.7 Å². The highest BCUT2D eigenvalue weighted by molar-refractivity contribution is 5.95. The zero-order valence-electron chi connectivity index (χ0n) is 11.9. The van der Waals surface area contributed by atoms with Gasteiger partial charge in [0.05, 0.1) is 11.8 Å². The third-order valence-electron chi connectivity index (χ3n) is 4.00. The third kappa shape index (κ3) is 3.38. The molecule has 19 heavy (non-hydrogen) atoms. The molecule has 1 N–H and O–H groups in total. The van der Waals surface area contributed by atoms with Crippen LogP contribution in [0.15, 0.2) is 16.7 Å². The fraction of sp³-hybridized carbons (Fsp3) is 0.667. The number of carbonyl (C=O) groups excluding carboxylic acids is 1. The van der Waals surface area contributed by atoms with E-state index in [1.165, 1.54) is 6.42 Å². The quantitative estimate of drug-likeness (QED) is 0.887. The van der Waals surface area contributed by atoms with Gasteiger partial charge in [0.2, 0.25) is 0 Å². The number of likely N-dealkylation sites (tertiary alicyclic amines) is 1. The Balaban J connectivity index is 1.89. The van der Waals surface area contributed by atoms with E-state index in [1.807, 2.05) is 18.9 Å². The van der Waals surface area contributed by atoms with Crippen molar-refractivity contribution in [3.63, 3.8) is 0 Å². The molecule has 1 amide bonds. The summed E-state index contributed by atoms with van der Waals surface area (Å²) in [5.74, 6) is 1.70. The zero-order chi connectivity index (χ0) is 13.7. The van der Waals surface area contributed by atoms with E-state index in [0.717, 1.165) is 56.1 Å². The van der Waals surface area contributed by atoms with Crippen molar-refractivity contribution in [1.82, 2.24) is 10.2 Å². The normalized spacial score (nSPS) is 16.8. The molecule has 0 aromatic carbocycles. The molecule has 0 saturated carbocycles. The number of nitrogens with zero attached hydrogens (tertiary/aromatic N) is 1. The van der Waals surface area contributed by atoms with Crippen LogP contribution < -0.4 is 5.32 Å². The number of piperidine rings is 1. The molecule has 1 saturated heterocycles. The number of amides is 1. The Bertz CT molecular complexity index is 406. The Labute approximate surface area is 115 Å². The van der Waals surface area contributed by atoms with Crippen LogP contribution in [-0.2, 0) is 6.42 Å². The molecule has 1 aliphatic heterocycles. The number of nitrogens with one attached hydrogen (secondary N) is 1. The van der Waals surface area contributed by atoms with E-state index in [9.17, 15) is 4.79 Å². The lowest BCUT2D eigenvalue weighted by molar-refractivity contribution is 0.0685. The Morgan fingerprint density at radius 1 is 1.47 bits per heavy atom. The first-order valence-electron chi connectivity index (χ1n) is 7.26. The zero-order valence-corrected chi connectivity index (χ0v) is 11.9. The van der Waals surface area contributed by atoms with Crippen LogP contribution in [0.5, 0.6) is 0 Å². The number of aryl methyl sites for hydroxylation is 1. The number of furan rings is 1. The number of carbonyl (C=O) groups is 1. The highest BCUT2D eigenvalue weighted by Gasteiger charge is 2.25. The fourth-order valence-electron chi connectivity index (χ4n) is 2.75. The molecule has 0 aliphatic carbocycles. The summed E-state index contributed by atoms with van der Waals surface area (Å²) in [6.07, 6.45) is 5.84. The topological polar surface area (TPSA) is 45.5 Å². The second kappa shape index (κ2) is 6.75. The Morgan fingerprint density at radius 2 is 2.21 bits per heavy atom. The Hall–Kier alpha value is -1.29. The highest BCUT2D eigenvalue weighted by atomic mass is 16.3. The van der Waals surface area contributed by atoms with Crippen molar-refractivity contribution in [3.8, 4) is 0 Å². The van der Waals surface area contributed by atoms with E-state index in [1.54, 1.807) is 12.3 Å². The predicted octanol–water partition coefficient (Wildman–Crippen LogP) is 2.30. The maximum absolute atomic E-state index is 12.4. The minimum atomic E-state index is 0.137. The molecule has 1 aliphatic rings. The molecule has 1 aromatic rings. The summed E-state index contributed by atoms with van der Waals surface area (Å²) in [7, 11) is 1.99. The standard InChI is InChI=1S/C15H24N2O2/c1-3-14-13(7-11-19-14)15(18)17-9-5-12(6-10-17)4-8-16-2/h7,11-12,16H,3-6,8-10H2,1-2H3. The first-order valence-corrected chi connectivity index (χ1v) is 7.26. The lowest BCUT2D eigenvalue weighted by atomic mass is 9.93. The van der Waals surface area contributed by atoms with Gasteiger partial charge in [-0.05, 0) is 44.8 Å². The Kier molecular flexibility index (Phi) is 5.02. The van der Waals surface area contributed by atoms with Crippen molar-refractivity contribution in [2.24, 2.45) is 5.92 Å². The van der Waals surface area contributed by atoms with Gasteiger partial charge in [0, 0.05) is 19.5 Å². The van der Waals surface area contributed by atoms with Crippen LogP contribution in [-0.4, -0.2) is 37.5 Å². The first-order chi connectivity index (χ1) is 9.26. The minimum Gasteiger partial charge on any atom is -0.469 e. The predicted molar refractivity (Wildman–Crippen MR) is 75.3 cm³/mol. The minimum absolute atomic E-state index is 0.137. The van der Waals surface area contributed by atoms with Gasteiger partial charge in [-0.1, -0.05) is 6.92 Å². The van der Waals surface area contributed by atoms with E-state index < -0.39 is 0 Å². The van der Waals surface area contributed by atoms with Crippen molar-refractivity contribution >= 4 is 5.91 Å². The molecule has 1 fully saturated rings. The molecule has 4 nitrogen and oxygen atoms in total. The van der Waals surface area contributed by atoms with E-state index in [0.29, 0.717) is 0 Å². The smallest absolute Gasteiger partial charge is 0.257 e. The molecular formula is C15H24N2O2. The van der Waals surface area contributed by atoms with Crippen LogP contribution in [0.4, 0.5) is 0 Å². The van der Waals surface area contributed by atoms with E-state index in [2.05, 4.69) is 5.32 Å². The third-order valence-corrected chi connectivity index (χ3v) is 4.00. The molecule has 0 radical (unpaired) electrons. The Morgan fingerprint density at radius 3 is 2.84 bits per heavy atom.